The van der Waals surface area contributed by atoms with Crippen LogP contribution in [0.15, 0.2) is 46.2 Å². The zero-order chi connectivity index (χ0) is 15.5. The second-order valence-corrected chi connectivity index (χ2v) is 6.12. The van der Waals surface area contributed by atoms with Gasteiger partial charge in [0.15, 0.2) is 5.16 Å². The number of carbonyl (C=O) groups is 1. The maximum Gasteiger partial charge on any atom is 0.231 e. The van der Waals surface area contributed by atoms with Gasteiger partial charge in [-0.15, -0.1) is 0 Å². The molecule has 1 aromatic carbocycles. The van der Waals surface area contributed by atoms with Crippen LogP contribution < -0.4 is 5.32 Å². The molecule has 6 heteroatoms. The van der Waals surface area contributed by atoms with E-state index in [2.05, 4.69) is 15.3 Å². The number of benzene rings is 1. The Balaban J connectivity index is 1.58. The molecular formula is C16H17N3O2S. The van der Waals surface area contributed by atoms with Crippen LogP contribution >= 0.6 is 11.8 Å². The molecule has 3 aromatic rings. The van der Waals surface area contributed by atoms with Gasteiger partial charge in [0.25, 0.3) is 0 Å². The predicted molar refractivity (Wildman–Crippen MR) is 86.8 cm³/mol. The number of aryl methyl sites for hydroxylation is 1. The van der Waals surface area contributed by atoms with Gasteiger partial charge in [-0.2, -0.15) is 0 Å². The van der Waals surface area contributed by atoms with Gasteiger partial charge in [0.2, 0.25) is 5.91 Å². The quantitative estimate of drug-likeness (QED) is 0.708. The van der Waals surface area contributed by atoms with Crippen molar-refractivity contribution in [3.63, 3.8) is 0 Å². The highest BCUT2D eigenvalue weighted by Gasteiger charge is 2.13. The molecule has 0 saturated carbocycles. The van der Waals surface area contributed by atoms with E-state index in [0.29, 0.717) is 5.75 Å². The van der Waals surface area contributed by atoms with Crippen LogP contribution in [0.1, 0.15) is 24.3 Å². The molecule has 114 valence electrons. The first-order valence-corrected chi connectivity index (χ1v) is 8.02. The second kappa shape index (κ2) is 6.27. The Labute approximate surface area is 132 Å². The average Bonchev–Trinajstić information content (AvgIpc) is 3.13. The van der Waals surface area contributed by atoms with Gasteiger partial charge in [0.05, 0.1) is 29.1 Å². The molecule has 1 atom stereocenters. The van der Waals surface area contributed by atoms with Crippen molar-refractivity contribution in [2.45, 2.75) is 25.0 Å². The fraction of sp³-hybridized carbons (Fsp3) is 0.250. The third kappa shape index (κ3) is 3.33. The molecule has 0 radical (unpaired) electrons. The van der Waals surface area contributed by atoms with Crippen LogP contribution in [0, 0.1) is 6.92 Å². The third-order valence-corrected chi connectivity index (χ3v) is 4.18. The van der Waals surface area contributed by atoms with Gasteiger partial charge in [-0.1, -0.05) is 17.8 Å². The van der Waals surface area contributed by atoms with Crippen molar-refractivity contribution in [3.05, 3.63) is 47.9 Å². The van der Waals surface area contributed by atoms with E-state index in [9.17, 15) is 4.79 Å². The topological polar surface area (TPSA) is 70.9 Å². The van der Waals surface area contributed by atoms with E-state index < -0.39 is 0 Å². The summed E-state index contributed by atoms with van der Waals surface area (Å²) in [4.78, 5) is 19.7. The molecule has 2 heterocycles. The average molecular weight is 315 g/mol. The monoisotopic (exact) mass is 315 g/mol. The van der Waals surface area contributed by atoms with Crippen molar-refractivity contribution in [1.82, 2.24) is 15.3 Å². The SMILES string of the molecule is Cc1ccc2nc(SCC(=O)NC(C)c3ccco3)[nH]c2c1. The van der Waals surface area contributed by atoms with E-state index in [4.69, 9.17) is 4.42 Å². The molecule has 0 spiro atoms. The molecule has 5 nitrogen and oxygen atoms in total. The van der Waals surface area contributed by atoms with Crippen LogP contribution in [0.25, 0.3) is 11.0 Å². The normalized spacial score (nSPS) is 12.5. The molecule has 2 aromatic heterocycles. The summed E-state index contributed by atoms with van der Waals surface area (Å²) in [6.45, 7) is 3.93. The molecule has 0 aliphatic carbocycles. The van der Waals surface area contributed by atoms with E-state index in [-0.39, 0.29) is 11.9 Å². The molecule has 22 heavy (non-hydrogen) atoms. The number of rotatable bonds is 5. The minimum Gasteiger partial charge on any atom is -0.467 e. The van der Waals surface area contributed by atoms with Gasteiger partial charge in [-0.3, -0.25) is 4.79 Å². The molecule has 0 bridgehead atoms. The lowest BCUT2D eigenvalue weighted by atomic mass is 10.2. The number of hydrogen-bond donors (Lipinski definition) is 2. The number of aromatic amines is 1. The number of thioether (sulfide) groups is 1. The molecule has 0 saturated heterocycles. The largest absolute Gasteiger partial charge is 0.467 e. The molecule has 1 unspecified atom stereocenters. The van der Waals surface area contributed by atoms with Gasteiger partial charge < -0.3 is 14.7 Å². The molecule has 1 amide bonds. The molecule has 0 aliphatic rings. The smallest absolute Gasteiger partial charge is 0.231 e. The first-order valence-electron chi connectivity index (χ1n) is 7.04. The fourth-order valence-electron chi connectivity index (χ4n) is 2.19. The standard InChI is InChI=1S/C16H17N3O2S/c1-10-5-6-12-13(8-10)19-16(18-12)22-9-15(20)17-11(2)14-4-3-7-21-14/h3-8,11H,9H2,1-2H3,(H,17,20)(H,18,19). The van der Waals surface area contributed by atoms with Crippen molar-refractivity contribution < 1.29 is 9.21 Å². The maximum atomic E-state index is 12.0. The summed E-state index contributed by atoms with van der Waals surface area (Å²) in [7, 11) is 0. The summed E-state index contributed by atoms with van der Waals surface area (Å²) in [6, 6.07) is 9.56. The Morgan fingerprint density at radius 1 is 1.45 bits per heavy atom. The molecule has 0 aliphatic heterocycles. The van der Waals surface area contributed by atoms with Crippen molar-refractivity contribution >= 4 is 28.7 Å². The number of imidazole rings is 1. The second-order valence-electron chi connectivity index (χ2n) is 5.16. The minimum atomic E-state index is -0.138. The number of furan rings is 1. The first-order chi connectivity index (χ1) is 10.6. The molecule has 3 rings (SSSR count). The van der Waals surface area contributed by atoms with Gasteiger partial charge in [-0.05, 0) is 43.7 Å². The first kappa shape index (κ1) is 14.7. The summed E-state index contributed by atoms with van der Waals surface area (Å²) >= 11 is 1.39. The van der Waals surface area contributed by atoms with E-state index in [1.807, 2.05) is 44.2 Å². The molecule has 0 fully saturated rings. The number of nitrogens with zero attached hydrogens (tertiary/aromatic N) is 1. The number of fused-ring (bicyclic) bond motifs is 1. The lowest BCUT2D eigenvalue weighted by Crippen LogP contribution is -2.27. The maximum absolute atomic E-state index is 12.0. The Kier molecular flexibility index (Phi) is 4.20. The highest BCUT2D eigenvalue weighted by atomic mass is 32.2. The Bertz CT molecular complexity index is 780. The number of carbonyl (C=O) groups excluding carboxylic acids is 1. The lowest BCUT2D eigenvalue weighted by molar-refractivity contribution is -0.119. The summed E-state index contributed by atoms with van der Waals surface area (Å²) in [5.41, 5.74) is 3.09. The van der Waals surface area contributed by atoms with Crippen molar-refractivity contribution in [1.29, 1.82) is 0 Å². The van der Waals surface area contributed by atoms with E-state index in [1.54, 1.807) is 6.26 Å². The minimum absolute atomic E-state index is 0.0504. The van der Waals surface area contributed by atoms with Crippen molar-refractivity contribution in [2.75, 3.05) is 5.75 Å². The Hall–Kier alpha value is -2.21. The number of nitrogens with one attached hydrogen (secondary N) is 2. The summed E-state index contributed by atoms with van der Waals surface area (Å²) in [5.74, 6) is 1.01. The van der Waals surface area contributed by atoms with Crippen molar-refractivity contribution in [3.8, 4) is 0 Å². The van der Waals surface area contributed by atoms with Crippen LogP contribution in [-0.4, -0.2) is 21.6 Å². The zero-order valence-electron chi connectivity index (χ0n) is 12.4. The Morgan fingerprint density at radius 2 is 2.32 bits per heavy atom. The fourth-order valence-corrected chi connectivity index (χ4v) is 2.89. The van der Waals surface area contributed by atoms with Gasteiger partial charge in [0.1, 0.15) is 5.76 Å². The van der Waals surface area contributed by atoms with Gasteiger partial charge >= 0.3 is 0 Å². The van der Waals surface area contributed by atoms with E-state index in [1.165, 1.54) is 17.3 Å². The van der Waals surface area contributed by atoms with Crippen LogP contribution in [0.2, 0.25) is 0 Å². The van der Waals surface area contributed by atoms with Crippen LogP contribution in [0.3, 0.4) is 0 Å². The summed E-state index contributed by atoms with van der Waals surface area (Å²) < 4.78 is 5.27. The van der Waals surface area contributed by atoms with Gasteiger partial charge in [-0.25, -0.2) is 4.98 Å². The van der Waals surface area contributed by atoms with Gasteiger partial charge in [0, 0.05) is 0 Å². The van der Waals surface area contributed by atoms with E-state index >= 15 is 0 Å². The number of amides is 1. The van der Waals surface area contributed by atoms with E-state index in [0.717, 1.165) is 22.0 Å². The molecular weight excluding hydrogens is 298 g/mol. The number of hydrogen-bond acceptors (Lipinski definition) is 4. The van der Waals surface area contributed by atoms with Crippen LogP contribution in [0.5, 0.6) is 0 Å². The van der Waals surface area contributed by atoms with Crippen molar-refractivity contribution in [2.24, 2.45) is 0 Å². The predicted octanol–water partition coefficient (Wildman–Crippen LogP) is 3.43. The Morgan fingerprint density at radius 3 is 3.09 bits per heavy atom. The highest BCUT2D eigenvalue weighted by Crippen LogP contribution is 2.20. The van der Waals surface area contributed by atoms with Crippen LogP contribution in [-0.2, 0) is 4.79 Å². The number of aromatic nitrogens is 2. The number of H-pyrrole nitrogens is 1. The summed E-state index contributed by atoms with van der Waals surface area (Å²) in [5, 5.41) is 3.65. The van der Waals surface area contributed by atoms with Crippen LogP contribution in [0.4, 0.5) is 0 Å². The summed E-state index contributed by atoms with van der Waals surface area (Å²) in [6.07, 6.45) is 1.60. The zero-order valence-corrected chi connectivity index (χ0v) is 13.2. The lowest BCUT2D eigenvalue weighted by Gasteiger charge is -2.10. The third-order valence-electron chi connectivity index (χ3n) is 3.30. The highest BCUT2D eigenvalue weighted by molar-refractivity contribution is 7.99. The molecule has 2 N–H and O–H groups in total.